The third kappa shape index (κ3) is 9.09. The van der Waals surface area contributed by atoms with Crippen LogP contribution in [0.4, 0.5) is 5.69 Å². The van der Waals surface area contributed by atoms with Crippen LogP contribution in [0.3, 0.4) is 0 Å². The summed E-state index contributed by atoms with van der Waals surface area (Å²) in [6, 6.07) is 29.8. The van der Waals surface area contributed by atoms with E-state index < -0.39 is 34.1 Å². The van der Waals surface area contributed by atoms with Crippen molar-refractivity contribution in [3.05, 3.63) is 125 Å². The maximum atomic E-state index is 14.5. The van der Waals surface area contributed by atoms with Crippen LogP contribution in [0.2, 0.25) is 5.02 Å². The van der Waals surface area contributed by atoms with Gasteiger partial charge in [0.15, 0.2) is 0 Å². The number of hydrogen-bond donors (Lipinski definition) is 1. The van der Waals surface area contributed by atoms with Gasteiger partial charge in [-0.2, -0.15) is 0 Å². The average Bonchev–Trinajstić information content (AvgIpc) is 3.02. The number of nitrogens with one attached hydrogen (secondary N) is 1. The molecule has 4 aromatic carbocycles. The van der Waals surface area contributed by atoms with Gasteiger partial charge in [-0.1, -0.05) is 72.3 Å². The van der Waals surface area contributed by atoms with Crippen LogP contribution in [-0.4, -0.2) is 50.4 Å². The number of halogens is 1. The predicted molar refractivity (Wildman–Crippen MR) is 178 cm³/mol. The van der Waals surface area contributed by atoms with E-state index in [9.17, 15) is 18.0 Å². The van der Waals surface area contributed by atoms with E-state index in [1.807, 2.05) is 57.2 Å². The maximum Gasteiger partial charge on any atom is 0.264 e. The third-order valence-electron chi connectivity index (χ3n) is 6.98. The van der Waals surface area contributed by atoms with Crippen LogP contribution < -0.4 is 14.4 Å². The fourth-order valence-corrected chi connectivity index (χ4v) is 6.39. The van der Waals surface area contributed by atoms with Crippen molar-refractivity contribution < 1.29 is 22.7 Å². The summed E-state index contributed by atoms with van der Waals surface area (Å²) in [5.41, 5.74) is 1.24. The Labute approximate surface area is 270 Å². The number of carbonyl (C=O) groups is 2. The van der Waals surface area contributed by atoms with Crippen LogP contribution >= 0.6 is 11.6 Å². The van der Waals surface area contributed by atoms with Gasteiger partial charge >= 0.3 is 0 Å². The number of ether oxygens (including phenoxy) is 1. The topological polar surface area (TPSA) is 96.0 Å². The molecule has 4 rings (SSSR count). The fraction of sp³-hybridized carbons (Fsp3) is 0.257. The van der Waals surface area contributed by atoms with Crippen molar-refractivity contribution >= 4 is 39.1 Å². The molecule has 0 bridgehead atoms. The minimum atomic E-state index is -4.19. The molecule has 8 nitrogen and oxygen atoms in total. The van der Waals surface area contributed by atoms with Gasteiger partial charge in [-0.15, -0.1) is 0 Å². The summed E-state index contributed by atoms with van der Waals surface area (Å²) in [5.74, 6) is -0.322. The third-order valence-corrected chi connectivity index (χ3v) is 9.02. The minimum absolute atomic E-state index is 0.0263. The van der Waals surface area contributed by atoms with Crippen LogP contribution in [-0.2, 0) is 32.6 Å². The van der Waals surface area contributed by atoms with Crippen molar-refractivity contribution in [1.29, 1.82) is 0 Å². The van der Waals surface area contributed by atoms with Crippen molar-refractivity contribution in [1.82, 2.24) is 10.2 Å². The van der Waals surface area contributed by atoms with Crippen molar-refractivity contribution in [3.8, 4) is 5.75 Å². The van der Waals surface area contributed by atoms with Gasteiger partial charge in [0.1, 0.15) is 18.3 Å². The number of carbonyl (C=O) groups excluding carboxylic acids is 2. The lowest BCUT2D eigenvalue weighted by atomic mass is 10.0. The molecule has 0 aromatic heterocycles. The fourth-order valence-electron chi connectivity index (χ4n) is 4.83. The lowest BCUT2D eigenvalue weighted by molar-refractivity contribution is -0.140. The first-order valence-corrected chi connectivity index (χ1v) is 16.3. The van der Waals surface area contributed by atoms with E-state index in [0.29, 0.717) is 16.3 Å². The van der Waals surface area contributed by atoms with Gasteiger partial charge in [0.05, 0.1) is 17.7 Å². The van der Waals surface area contributed by atoms with Gasteiger partial charge in [-0.05, 0) is 80.4 Å². The molecule has 0 fully saturated rings. The van der Waals surface area contributed by atoms with E-state index in [2.05, 4.69) is 5.32 Å². The van der Waals surface area contributed by atoms with E-state index in [-0.39, 0.29) is 29.5 Å². The second kappa shape index (κ2) is 14.6. The summed E-state index contributed by atoms with van der Waals surface area (Å²) in [7, 11) is -2.64. The molecule has 0 saturated carbocycles. The molecule has 0 radical (unpaired) electrons. The highest BCUT2D eigenvalue weighted by Gasteiger charge is 2.35. The molecule has 0 spiro atoms. The largest absolute Gasteiger partial charge is 0.497 e. The predicted octanol–water partition coefficient (Wildman–Crippen LogP) is 6.10. The van der Waals surface area contributed by atoms with E-state index in [1.54, 1.807) is 67.8 Å². The standard InChI is InChI=1S/C35H38ClN3O5S/c1-35(2,3)37-34(41)32(23-26-12-7-5-8-13-26)38(24-27-14-11-15-30(22-27)44-4)33(40)25-39(29-20-18-28(36)19-21-29)45(42,43)31-16-9-6-10-17-31/h5-22,32H,23-25H2,1-4H3,(H,37,41)/t32-/m1/s1. The van der Waals surface area contributed by atoms with Crippen molar-refractivity contribution in [2.45, 2.75) is 50.2 Å². The Kier molecular flexibility index (Phi) is 10.9. The zero-order chi connectivity index (χ0) is 32.6. The number of methoxy groups -OCH3 is 1. The number of amides is 2. The molecular formula is C35H38ClN3O5S. The SMILES string of the molecule is COc1cccc(CN(C(=O)CN(c2ccc(Cl)cc2)S(=O)(=O)c2ccccc2)[C@H](Cc2ccccc2)C(=O)NC(C)(C)C)c1. The van der Waals surface area contributed by atoms with E-state index in [4.69, 9.17) is 16.3 Å². The molecule has 45 heavy (non-hydrogen) atoms. The molecule has 4 aromatic rings. The number of rotatable bonds is 12. The Morgan fingerprint density at radius 1 is 0.844 bits per heavy atom. The summed E-state index contributed by atoms with van der Waals surface area (Å²) in [4.78, 5) is 29.9. The molecule has 1 atom stereocenters. The summed E-state index contributed by atoms with van der Waals surface area (Å²) in [6.45, 7) is 5.08. The first kappa shape index (κ1) is 33.6. The zero-order valence-electron chi connectivity index (χ0n) is 25.8. The first-order chi connectivity index (χ1) is 21.4. The number of anilines is 1. The monoisotopic (exact) mass is 647 g/mol. The maximum absolute atomic E-state index is 14.5. The summed E-state index contributed by atoms with van der Waals surface area (Å²) >= 11 is 6.13. The Hall–Kier alpha value is -4.34. The number of nitrogens with zero attached hydrogens (tertiary/aromatic N) is 2. The van der Waals surface area contributed by atoms with E-state index >= 15 is 0 Å². The first-order valence-electron chi connectivity index (χ1n) is 14.5. The van der Waals surface area contributed by atoms with Gasteiger partial charge in [-0.25, -0.2) is 8.42 Å². The van der Waals surface area contributed by atoms with E-state index in [0.717, 1.165) is 9.87 Å². The molecular weight excluding hydrogens is 610 g/mol. The molecule has 0 unspecified atom stereocenters. The van der Waals surface area contributed by atoms with Crippen molar-refractivity contribution in [3.63, 3.8) is 0 Å². The van der Waals surface area contributed by atoms with Gasteiger partial charge < -0.3 is 15.0 Å². The van der Waals surface area contributed by atoms with Crippen LogP contribution in [0.5, 0.6) is 5.75 Å². The highest BCUT2D eigenvalue weighted by atomic mass is 35.5. The van der Waals surface area contributed by atoms with Gasteiger partial charge in [0.2, 0.25) is 11.8 Å². The van der Waals surface area contributed by atoms with Gasteiger partial charge in [0.25, 0.3) is 10.0 Å². The highest BCUT2D eigenvalue weighted by molar-refractivity contribution is 7.92. The molecule has 0 heterocycles. The second-order valence-corrected chi connectivity index (χ2v) is 13.9. The lowest BCUT2D eigenvalue weighted by Gasteiger charge is -2.35. The Balaban J connectivity index is 1.82. The molecule has 10 heteroatoms. The van der Waals surface area contributed by atoms with Crippen LogP contribution in [0.1, 0.15) is 31.9 Å². The second-order valence-electron chi connectivity index (χ2n) is 11.6. The van der Waals surface area contributed by atoms with E-state index in [1.165, 1.54) is 17.0 Å². The average molecular weight is 648 g/mol. The molecule has 1 N–H and O–H groups in total. The number of benzene rings is 4. The Morgan fingerprint density at radius 2 is 1.44 bits per heavy atom. The summed E-state index contributed by atoms with van der Waals surface area (Å²) in [6.07, 6.45) is 0.213. The van der Waals surface area contributed by atoms with Crippen LogP contribution in [0.15, 0.2) is 114 Å². The van der Waals surface area contributed by atoms with Crippen molar-refractivity contribution in [2.75, 3.05) is 18.0 Å². The highest BCUT2D eigenvalue weighted by Crippen LogP contribution is 2.27. The Morgan fingerprint density at radius 3 is 2.04 bits per heavy atom. The number of hydrogen-bond acceptors (Lipinski definition) is 5. The summed E-state index contributed by atoms with van der Waals surface area (Å²) < 4.78 is 34.5. The zero-order valence-corrected chi connectivity index (χ0v) is 27.4. The smallest absolute Gasteiger partial charge is 0.264 e. The van der Waals surface area contributed by atoms with Gasteiger partial charge in [0, 0.05) is 23.5 Å². The molecule has 2 amide bonds. The normalized spacial score (nSPS) is 12.2. The molecule has 0 aliphatic heterocycles. The molecule has 236 valence electrons. The quantitative estimate of drug-likeness (QED) is 0.201. The van der Waals surface area contributed by atoms with Crippen LogP contribution in [0, 0.1) is 0 Å². The molecule has 0 saturated heterocycles. The lowest BCUT2D eigenvalue weighted by Crippen LogP contribution is -2.56. The van der Waals surface area contributed by atoms with Gasteiger partial charge in [-0.3, -0.25) is 13.9 Å². The molecule has 0 aliphatic rings. The summed E-state index contributed by atoms with van der Waals surface area (Å²) in [5, 5.41) is 3.45. The minimum Gasteiger partial charge on any atom is -0.497 e. The van der Waals surface area contributed by atoms with Crippen molar-refractivity contribution in [2.24, 2.45) is 0 Å². The number of sulfonamides is 1. The molecule has 0 aliphatic carbocycles. The Bertz CT molecular complexity index is 1690. The van der Waals surface area contributed by atoms with Crippen LogP contribution in [0.25, 0.3) is 0 Å².